The summed E-state index contributed by atoms with van der Waals surface area (Å²) in [4.78, 5) is 5.26. The van der Waals surface area contributed by atoms with E-state index in [1.54, 1.807) is 0 Å². The Hall–Kier alpha value is -2.75. The van der Waals surface area contributed by atoms with Gasteiger partial charge in [0.1, 0.15) is 0 Å². The minimum absolute atomic E-state index is 0.339. The number of rotatable bonds is 2. The van der Waals surface area contributed by atoms with Crippen LogP contribution in [0.15, 0.2) is 60.7 Å². The Morgan fingerprint density at radius 3 is 1.92 bits per heavy atom. The normalized spacial score (nSPS) is 19.7. The molecule has 0 aromatic heterocycles. The Balaban J connectivity index is 1.91. The maximum absolute atomic E-state index is 12.4. The molecule has 0 fully saturated rings. The van der Waals surface area contributed by atoms with Gasteiger partial charge in [-0.25, -0.2) is 4.57 Å². The Kier molecular flexibility index (Phi) is 2.99. The van der Waals surface area contributed by atoms with Crippen molar-refractivity contribution in [2.45, 2.75) is 6.92 Å². The van der Waals surface area contributed by atoms with Crippen molar-refractivity contribution < 1.29 is 23.2 Å². The highest BCUT2D eigenvalue weighted by molar-refractivity contribution is 7.49. The molecular formula is C19H13O5P. The lowest BCUT2D eigenvalue weighted by Crippen LogP contribution is -2.06. The predicted molar refractivity (Wildman–Crippen MR) is 92.6 cm³/mol. The third kappa shape index (κ3) is 2.10. The molecule has 0 radical (unpaired) electrons. The van der Waals surface area contributed by atoms with Crippen LogP contribution in [-0.2, 0) is 9.24 Å². The summed E-state index contributed by atoms with van der Waals surface area (Å²) in [6.45, 7) is 1.92. The van der Waals surface area contributed by atoms with Gasteiger partial charge in [0.25, 0.3) is 0 Å². The fourth-order valence-electron chi connectivity index (χ4n) is 3.27. The van der Waals surface area contributed by atoms with E-state index in [1.165, 1.54) is 0 Å². The van der Waals surface area contributed by atoms with Crippen LogP contribution < -0.4 is 13.9 Å². The number of fused-ring (bicyclic) bond motifs is 1. The van der Waals surface area contributed by atoms with Crippen LogP contribution in [-0.4, -0.2) is 0 Å². The van der Waals surface area contributed by atoms with Crippen LogP contribution in [0.2, 0.25) is 0 Å². The Morgan fingerprint density at radius 2 is 1.28 bits per heavy atom. The highest BCUT2D eigenvalue weighted by atomic mass is 31.2. The molecule has 2 aliphatic rings. The van der Waals surface area contributed by atoms with E-state index in [2.05, 4.69) is 0 Å². The molecule has 0 aliphatic carbocycles. The molecule has 3 aromatic carbocycles. The number of benzene rings is 3. The highest BCUT2D eigenvalue weighted by Gasteiger charge is 2.50. The van der Waals surface area contributed by atoms with Crippen molar-refractivity contribution in [3.8, 4) is 39.5 Å². The molecule has 5 rings (SSSR count). The summed E-state index contributed by atoms with van der Waals surface area (Å²) >= 11 is 0. The summed E-state index contributed by atoms with van der Waals surface area (Å²) in [6, 6.07) is 19.7. The van der Waals surface area contributed by atoms with Crippen molar-refractivity contribution in [2.24, 2.45) is 0 Å². The van der Waals surface area contributed by atoms with E-state index in [-0.39, 0.29) is 0 Å². The molecule has 0 saturated heterocycles. The lowest BCUT2D eigenvalue weighted by molar-refractivity contribution is -0.125. The SMILES string of the molecule is Cc1c2c3c(c(-c4ccccc4)c1-c1ccccc1)OP(=O)(OO2)O3. The van der Waals surface area contributed by atoms with Crippen LogP contribution in [0.25, 0.3) is 22.3 Å². The fraction of sp³-hybridized carbons (Fsp3) is 0.0526. The second-order valence-corrected chi connectivity index (χ2v) is 7.29. The van der Waals surface area contributed by atoms with E-state index >= 15 is 0 Å². The zero-order valence-electron chi connectivity index (χ0n) is 13.3. The summed E-state index contributed by atoms with van der Waals surface area (Å²) < 4.78 is 28.3. The number of phosphoric ester groups is 1. The van der Waals surface area contributed by atoms with Gasteiger partial charge in [-0.1, -0.05) is 65.3 Å². The molecule has 2 heterocycles. The van der Waals surface area contributed by atoms with E-state index in [9.17, 15) is 4.57 Å². The van der Waals surface area contributed by atoms with E-state index < -0.39 is 7.82 Å². The zero-order valence-corrected chi connectivity index (χ0v) is 14.2. The summed E-state index contributed by atoms with van der Waals surface area (Å²) in [5, 5.41) is 0. The molecule has 25 heavy (non-hydrogen) atoms. The first-order valence-electron chi connectivity index (χ1n) is 7.83. The largest absolute Gasteiger partial charge is 0.625 e. The smallest absolute Gasteiger partial charge is 0.388 e. The zero-order chi connectivity index (χ0) is 17.0. The molecule has 1 unspecified atom stereocenters. The third-order valence-electron chi connectivity index (χ3n) is 4.35. The lowest BCUT2D eigenvalue weighted by Gasteiger charge is -2.19. The summed E-state index contributed by atoms with van der Waals surface area (Å²) in [6.07, 6.45) is 0. The van der Waals surface area contributed by atoms with Crippen LogP contribution in [0.3, 0.4) is 0 Å². The minimum Gasteiger partial charge on any atom is -0.388 e. The van der Waals surface area contributed by atoms with Crippen molar-refractivity contribution in [3.63, 3.8) is 0 Å². The topological polar surface area (TPSA) is 54.0 Å². The first-order valence-corrected chi connectivity index (χ1v) is 9.29. The van der Waals surface area contributed by atoms with E-state index in [0.29, 0.717) is 17.2 Å². The Morgan fingerprint density at radius 1 is 0.720 bits per heavy atom. The van der Waals surface area contributed by atoms with Crippen LogP contribution in [0.4, 0.5) is 0 Å². The Bertz CT molecular complexity index is 1030. The second kappa shape index (κ2) is 5.12. The molecule has 124 valence electrons. The van der Waals surface area contributed by atoms with E-state index in [0.717, 1.165) is 27.8 Å². The first-order chi connectivity index (χ1) is 12.2. The van der Waals surface area contributed by atoms with Gasteiger partial charge in [0, 0.05) is 16.7 Å². The molecule has 2 aliphatic heterocycles. The maximum Gasteiger partial charge on any atom is 0.625 e. The van der Waals surface area contributed by atoms with Gasteiger partial charge in [0.05, 0.1) is 0 Å². The lowest BCUT2D eigenvalue weighted by atomic mass is 9.89. The maximum atomic E-state index is 12.4. The van der Waals surface area contributed by atoms with Gasteiger partial charge in [0.15, 0.2) is 5.75 Å². The quantitative estimate of drug-likeness (QED) is 0.448. The van der Waals surface area contributed by atoms with Crippen LogP contribution in [0.5, 0.6) is 17.2 Å². The standard InChI is InChI=1S/C19H13O5P/c1-12-15(13-8-4-2-5-9-13)16(14-10-6-3-7-11-14)18-19-17(12)21-24-25(20,22-18)23-19/h2-11H,1H3. The van der Waals surface area contributed by atoms with Gasteiger partial charge in [-0.2, -0.15) is 0 Å². The van der Waals surface area contributed by atoms with E-state index in [4.69, 9.17) is 18.6 Å². The van der Waals surface area contributed by atoms with Gasteiger partial charge in [-0.3, -0.25) is 0 Å². The molecule has 2 bridgehead atoms. The monoisotopic (exact) mass is 352 g/mol. The minimum atomic E-state index is -3.76. The molecule has 5 nitrogen and oxygen atoms in total. The van der Waals surface area contributed by atoms with Gasteiger partial charge < -0.3 is 13.9 Å². The predicted octanol–water partition coefficient (Wildman–Crippen LogP) is 5.53. The van der Waals surface area contributed by atoms with Gasteiger partial charge in [-0.15, -0.1) is 0 Å². The molecule has 6 heteroatoms. The van der Waals surface area contributed by atoms with Crippen molar-refractivity contribution in [1.82, 2.24) is 0 Å². The molecule has 0 saturated carbocycles. The number of hydrogen-bond acceptors (Lipinski definition) is 5. The molecular weight excluding hydrogens is 339 g/mol. The average molecular weight is 352 g/mol. The molecule has 0 spiro atoms. The van der Waals surface area contributed by atoms with Gasteiger partial charge in [-0.05, 0) is 18.1 Å². The summed E-state index contributed by atoms with van der Waals surface area (Å²) in [5.74, 6) is 1.13. The Labute approximate surface area is 144 Å². The van der Waals surface area contributed by atoms with Gasteiger partial charge in [0.2, 0.25) is 11.5 Å². The van der Waals surface area contributed by atoms with Crippen molar-refractivity contribution >= 4 is 7.82 Å². The van der Waals surface area contributed by atoms with Crippen molar-refractivity contribution in [3.05, 3.63) is 66.2 Å². The van der Waals surface area contributed by atoms with Gasteiger partial charge >= 0.3 is 7.82 Å². The molecule has 0 amide bonds. The third-order valence-corrected chi connectivity index (χ3v) is 5.42. The van der Waals surface area contributed by atoms with Crippen LogP contribution in [0.1, 0.15) is 5.56 Å². The molecule has 1 atom stereocenters. The fourth-order valence-corrected chi connectivity index (χ4v) is 4.32. The number of hydrogen-bond donors (Lipinski definition) is 0. The molecule has 3 aromatic rings. The van der Waals surface area contributed by atoms with Crippen LogP contribution in [0, 0.1) is 6.92 Å². The molecule has 0 N–H and O–H groups in total. The number of phosphoric acid groups is 1. The summed E-state index contributed by atoms with van der Waals surface area (Å²) in [5.41, 5.74) is 4.52. The van der Waals surface area contributed by atoms with Crippen molar-refractivity contribution in [2.75, 3.05) is 0 Å². The van der Waals surface area contributed by atoms with Crippen LogP contribution >= 0.6 is 7.82 Å². The van der Waals surface area contributed by atoms with Crippen molar-refractivity contribution in [1.29, 1.82) is 0 Å². The van der Waals surface area contributed by atoms with E-state index in [1.807, 2.05) is 67.6 Å². The summed E-state index contributed by atoms with van der Waals surface area (Å²) in [7, 11) is -3.76. The second-order valence-electron chi connectivity index (χ2n) is 5.88. The highest BCUT2D eigenvalue weighted by Crippen LogP contribution is 2.69. The first kappa shape index (κ1) is 14.6. The average Bonchev–Trinajstić information content (AvgIpc) is 2.94.